The number of aliphatic imine (C=N–C) groups is 1. The van der Waals surface area contributed by atoms with E-state index in [1.807, 2.05) is 43.3 Å². The Morgan fingerprint density at radius 3 is 2.57 bits per heavy atom. The monoisotopic (exact) mass is 416 g/mol. The first kappa shape index (κ1) is 23.4. The van der Waals surface area contributed by atoms with Crippen molar-refractivity contribution in [2.75, 3.05) is 47.1 Å². The molecule has 8 heteroatoms. The van der Waals surface area contributed by atoms with Crippen LogP contribution in [0, 0.1) is 0 Å². The summed E-state index contributed by atoms with van der Waals surface area (Å²) in [5, 5.41) is 6.53. The number of nitrogens with zero attached hydrogens (tertiary/aromatic N) is 2. The molecule has 1 aromatic heterocycles. The number of rotatable bonds is 13. The van der Waals surface area contributed by atoms with Crippen molar-refractivity contribution < 1.29 is 18.9 Å². The largest absolute Gasteiger partial charge is 0.490 e. The fourth-order valence-electron chi connectivity index (χ4n) is 2.53. The first-order chi connectivity index (χ1) is 14.8. The topological polar surface area (TPSA) is 86.2 Å². The Kier molecular flexibility index (Phi) is 11.1. The Hall–Kier alpha value is -2.84. The Balaban J connectivity index is 1.74. The molecule has 0 radical (unpaired) electrons. The highest BCUT2D eigenvalue weighted by Crippen LogP contribution is 2.30. The van der Waals surface area contributed by atoms with Crippen molar-refractivity contribution in [3.8, 4) is 17.4 Å². The smallest absolute Gasteiger partial charge is 0.219 e. The van der Waals surface area contributed by atoms with E-state index in [0.29, 0.717) is 50.4 Å². The lowest BCUT2D eigenvalue weighted by Gasteiger charge is -2.13. The Morgan fingerprint density at radius 2 is 1.87 bits per heavy atom. The van der Waals surface area contributed by atoms with Crippen molar-refractivity contribution >= 4 is 5.96 Å². The summed E-state index contributed by atoms with van der Waals surface area (Å²) >= 11 is 0. The van der Waals surface area contributed by atoms with Crippen LogP contribution in [0.1, 0.15) is 18.9 Å². The van der Waals surface area contributed by atoms with E-state index in [1.54, 1.807) is 20.4 Å². The summed E-state index contributed by atoms with van der Waals surface area (Å²) < 4.78 is 21.8. The van der Waals surface area contributed by atoms with Crippen molar-refractivity contribution in [3.05, 3.63) is 48.2 Å². The normalized spacial score (nSPS) is 11.2. The fourth-order valence-corrected chi connectivity index (χ4v) is 2.53. The van der Waals surface area contributed by atoms with Crippen LogP contribution >= 0.6 is 0 Å². The molecule has 0 saturated carbocycles. The molecule has 0 aliphatic carbocycles. The third kappa shape index (κ3) is 8.67. The van der Waals surface area contributed by atoms with Crippen molar-refractivity contribution in [1.82, 2.24) is 15.6 Å². The van der Waals surface area contributed by atoms with Gasteiger partial charge in [-0.05, 0) is 31.0 Å². The minimum absolute atomic E-state index is 0.516. The van der Waals surface area contributed by atoms with Crippen LogP contribution < -0.4 is 20.1 Å². The van der Waals surface area contributed by atoms with E-state index in [1.165, 1.54) is 0 Å². The van der Waals surface area contributed by atoms with Crippen LogP contribution in [0.25, 0.3) is 0 Å². The van der Waals surface area contributed by atoms with Crippen molar-refractivity contribution in [2.24, 2.45) is 4.99 Å². The predicted molar refractivity (Wildman–Crippen MR) is 117 cm³/mol. The van der Waals surface area contributed by atoms with Gasteiger partial charge in [-0.15, -0.1) is 0 Å². The molecule has 0 bridgehead atoms. The molecule has 8 nitrogen and oxygen atoms in total. The molecule has 164 valence electrons. The highest BCUT2D eigenvalue weighted by Gasteiger charge is 2.06. The number of nitrogens with one attached hydrogen (secondary N) is 2. The number of guanidine groups is 1. The first-order valence-electron chi connectivity index (χ1n) is 10.1. The summed E-state index contributed by atoms with van der Waals surface area (Å²) in [6, 6.07) is 11.4. The molecule has 2 aromatic rings. The van der Waals surface area contributed by atoms with E-state index in [-0.39, 0.29) is 0 Å². The third-order valence-corrected chi connectivity index (χ3v) is 4.03. The lowest BCUT2D eigenvalue weighted by molar-refractivity contribution is 0.0698. The van der Waals surface area contributed by atoms with Crippen molar-refractivity contribution in [1.29, 1.82) is 0 Å². The highest BCUT2D eigenvalue weighted by atomic mass is 16.5. The van der Waals surface area contributed by atoms with Gasteiger partial charge >= 0.3 is 0 Å². The highest BCUT2D eigenvalue weighted by molar-refractivity contribution is 5.79. The minimum Gasteiger partial charge on any atom is -0.490 e. The second kappa shape index (κ2) is 14.2. The molecule has 0 spiro atoms. The molecule has 1 aromatic carbocycles. The second-order valence-corrected chi connectivity index (χ2v) is 6.30. The van der Waals surface area contributed by atoms with Gasteiger partial charge in [-0.2, -0.15) is 0 Å². The van der Waals surface area contributed by atoms with Gasteiger partial charge in [0, 0.05) is 46.1 Å². The quantitative estimate of drug-likeness (QED) is 0.295. The van der Waals surface area contributed by atoms with E-state index >= 15 is 0 Å². The van der Waals surface area contributed by atoms with Crippen LogP contribution in [-0.4, -0.2) is 58.1 Å². The minimum atomic E-state index is 0.516. The van der Waals surface area contributed by atoms with Gasteiger partial charge in [0.15, 0.2) is 17.5 Å². The fraction of sp³-hybridized carbons (Fsp3) is 0.455. The molecule has 1 heterocycles. The number of ether oxygens (including phenoxy) is 4. The van der Waals surface area contributed by atoms with Crippen LogP contribution in [0.2, 0.25) is 0 Å². The summed E-state index contributed by atoms with van der Waals surface area (Å²) in [5.41, 5.74) is 1.02. The molecule has 0 saturated heterocycles. The number of pyridine rings is 1. The van der Waals surface area contributed by atoms with Gasteiger partial charge in [-0.1, -0.05) is 18.2 Å². The zero-order chi connectivity index (χ0) is 21.4. The molecule has 0 unspecified atom stereocenters. The zero-order valence-electron chi connectivity index (χ0n) is 18.0. The van der Waals surface area contributed by atoms with Gasteiger partial charge < -0.3 is 29.6 Å². The SMILES string of the molecule is CCOc1ccccc1Oc1ccc(CNC(=NC)NCCCOCCOC)cn1. The average molecular weight is 417 g/mol. The van der Waals surface area contributed by atoms with Gasteiger partial charge in [-0.3, -0.25) is 4.99 Å². The number of para-hydroxylation sites is 2. The maximum atomic E-state index is 5.85. The van der Waals surface area contributed by atoms with Gasteiger partial charge in [0.05, 0.1) is 19.8 Å². The summed E-state index contributed by atoms with van der Waals surface area (Å²) in [7, 11) is 3.41. The molecule has 2 N–H and O–H groups in total. The van der Waals surface area contributed by atoms with Crippen LogP contribution in [0.5, 0.6) is 17.4 Å². The molecule has 0 amide bonds. The van der Waals surface area contributed by atoms with Gasteiger partial charge in [0.1, 0.15) is 0 Å². The van der Waals surface area contributed by atoms with Crippen LogP contribution in [0.4, 0.5) is 0 Å². The number of methoxy groups -OCH3 is 1. The number of aromatic nitrogens is 1. The summed E-state index contributed by atoms with van der Waals surface area (Å²) in [4.78, 5) is 8.61. The lowest BCUT2D eigenvalue weighted by atomic mass is 10.3. The van der Waals surface area contributed by atoms with E-state index < -0.39 is 0 Å². The zero-order valence-corrected chi connectivity index (χ0v) is 18.0. The molecular weight excluding hydrogens is 384 g/mol. The predicted octanol–water partition coefficient (Wildman–Crippen LogP) is 2.99. The number of hydrogen-bond donors (Lipinski definition) is 2. The summed E-state index contributed by atoms with van der Waals surface area (Å²) in [6.07, 6.45) is 2.67. The maximum Gasteiger partial charge on any atom is 0.219 e. The third-order valence-electron chi connectivity index (χ3n) is 4.03. The molecule has 0 aliphatic rings. The number of benzene rings is 1. The average Bonchev–Trinajstić information content (AvgIpc) is 2.78. The Morgan fingerprint density at radius 1 is 1.03 bits per heavy atom. The standard InChI is InChI=1S/C22H32N4O4/c1-4-29-19-8-5-6-9-20(19)30-21-11-10-18(16-25-21)17-26-22(23-2)24-12-7-13-28-15-14-27-3/h5-6,8-11,16H,4,7,12-15,17H2,1-3H3,(H2,23,24,26). The second-order valence-electron chi connectivity index (χ2n) is 6.30. The Labute approximate surface area is 178 Å². The molecule has 0 aliphatic heterocycles. The summed E-state index contributed by atoms with van der Waals surface area (Å²) in [5.74, 6) is 2.60. The van der Waals surface area contributed by atoms with Gasteiger partial charge in [0.2, 0.25) is 5.88 Å². The number of hydrogen-bond acceptors (Lipinski definition) is 6. The van der Waals surface area contributed by atoms with E-state index in [9.17, 15) is 0 Å². The van der Waals surface area contributed by atoms with E-state index in [0.717, 1.165) is 24.5 Å². The lowest BCUT2D eigenvalue weighted by Crippen LogP contribution is -2.37. The van der Waals surface area contributed by atoms with E-state index in [2.05, 4.69) is 20.6 Å². The molecule has 0 atom stereocenters. The van der Waals surface area contributed by atoms with Crippen LogP contribution in [0.15, 0.2) is 47.6 Å². The van der Waals surface area contributed by atoms with Crippen LogP contribution in [0.3, 0.4) is 0 Å². The van der Waals surface area contributed by atoms with Crippen LogP contribution in [-0.2, 0) is 16.0 Å². The van der Waals surface area contributed by atoms with E-state index in [4.69, 9.17) is 18.9 Å². The first-order valence-corrected chi connectivity index (χ1v) is 10.1. The molecule has 0 fully saturated rings. The Bertz CT molecular complexity index is 753. The summed E-state index contributed by atoms with van der Waals surface area (Å²) in [6.45, 7) is 5.82. The maximum absolute atomic E-state index is 5.85. The van der Waals surface area contributed by atoms with Crippen molar-refractivity contribution in [3.63, 3.8) is 0 Å². The molecule has 2 rings (SSSR count). The van der Waals surface area contributed by atoms with Crippen molar-refractivity contribution in [2.45, 2.75) is 19.9 Å². The molecular formula is C22H32N4O4. The molecule has 30 heavy (non-hydrogen) atoms. The van der Waals surface area contributed by atoms with Gasteiger partial charge in [-0.25, -0.2) is 4.98 Å². The van der Waals surface area contributed by atoms with Gasteiger partial charge in [0.25, 0.3) is 0 Å².